The van der Waals surface area contributed by atoms with Gasteiger partial charge in [-0.3, -0.25) is 14.5 Å². The normalized spacial score (nSPS) is 13.6. The lowest BCUT2D eigenvalue weighted by atomic mass is 10.0. The van der Waals surface area contributed by atoms with Gasteiger partial charge < -0.3 is 19.5 Å². The summed E-state index contributed by atoms with van der Waals surface area (Å²) in [6.45, 7) is 9.99. The van der Waals surface area contributed by atoms with E-state index in [0.717, 1.165) is 18.8 Å². The Morgan fingerprint density at radius 3 is 2.26 bits per heavy atom. The predicted octanol–water partition coefficient (Wildman–Crippen LogP) is 2.83. The summed E-state index contributed by atoms with van der Waals surface area (Å²) in [5.74, 6) is 0.290. The van der Waals surface area contributed by atoms with E-state index in [4.69, 9.17) is 8.83 Å². The molecule has 0 aromatic carbocycles. The summed E-state index contributed by atoms with van der Waals surface area (Å²) in [7, 11) is 0. The second kappa shape index (κ2) is 9.97. The molecule has 2 atom stereocenters. The molecule has 0 unspecified atom stereocenters. The summed E-state index contributed by atoms with van der Waals surface area (Å²) in [5.41, 5.74) is 0. The van der Waals surface area contributed by atoms with Crippen molar-refractivity contribution in [3.63, 3.8) is 0 Å². The van der Waals surface area contributed by atoms with Gasteiger partial charge in [-0.05, 0) is 43.3 Å². The summed E-state index contributed by atoms with van der Waals surface area (Å²) in [5, 5.41) is 5.72. The van der Waals surface area contributed by atoms with Gasteiger partial charge in [-0.15, -0.1) is 0 Å². The van der Waals surface area contributed by atoms with Crippen molar-refractivity contribution in [2.45, 2.75) is 39.8 Å². The maximum Gasteiger partial charge on any atom is 0.287 e. The van der Waals surface area contributed by atoms with E-state index in [0.29, 0.717) is 6.54 Å². The SMILES string of the molecule is CCN(CC)[C@@H](CNC(=O)[C@H](NC(=O)c1ccco1)C(C)C)c1ccco1. The van der Waals surface area contributed by atoms with Crippen LogP contribution in [0.2, 0.25) is 0 Å². The van der Waals surface area contributed by atoms with Gasteiger partial charge in [-0.1, -0.05) is 27.7 Å². The van der Waals surface area contributed by atoms with Crippen LogP contribution in [0.25, 0.3) is 0 Å². The molecule has 0 aliphatic rings. The molecule has 0 aliphatic heterocycles. The summed E-state index contributed by atoms with van der Waals surface area (Å²) in [6.07, 6.45) is 3.06. The fourth-order valence-corrected chi connectivity index (χ4v) is 3.02. The van der Waals surface area contributed by atoms with E-state index in [-0.39, 0.29) is 23.6 Å². The van der Waals surface area contributed by atoms with Gasteiger partial charge in [0.15, 0.2) is 5.76 Å². The first kappa shape index (κ1) is 20.8. The number of carbonyl (C=O) groups is 2. The molecule has 0 saturated carbocycles. The minimum atomic E-state index is -0.656. The number of hydrogen-bond acceptors (Lipinski definition) is 5. The molecule has 2 N–H and O–H groups in total. The zero-order chi connectivity index (χ0) is 19.8. The van der Waals surface area contributed by atoms with Crippen LogP contribution in [-0.4, -0.2) is 42.4 Å². The first-order valence-electron chi connectivity index (χ1n) is 9.37. The molecule has 0 bridgehead atoms. The highest BCUT2D eigenvalue weighted by molar-refractivity contribution is 5.95. The standard InChI is InChI=1S/C20H29N3O4/c1-5-23(6-2)15(16-9-7-11-26-16)13-21-20(25)18(14(3)4)22-19(24)17-10-8-12-27-17/h7-12,14-15,18H,5-6,13H2,1-4H3,(H,21,25)(H,22,24)/t15-,18+/m0/s1. The molecule has 7 nitrogen and oxygen atoms in total. The van der Waals surface area contributed by atoms with Gasteiger partial charge in [-0.25, -0.2) is 0 Å². The van der Waals surface area contributed by atoms with Gasteiger partial charge in [0.1, 0.15) is 11.8 Å². The number of rotatable bonds is 10. The van der Waals surface area contributed by atoms with Crippen molar-refractivity contribution in [1.29, 1.82) is 0 Å². The van der Waals surface area contributed by atoms with Crippen molar-refractivity contribution < 1.29 is 18.4 Å². The van der Waals surface area contributed by atoms with Gasteiger partial charge in [0.2, 0.25) is 5.91 Å². The summed E-state index contributed by atoms with van der Waals surface area (Å²) in [6, 6.07) is 6.24. The molecular weight excluding hydrogens is 346 g/mol. The van der Waals surface area contributed by atoms with Crippen molar-refractivity contribution in [1.82, 2.24) is 15.5 Å². The highest BCUT2D eigenvalue weighted by atomic mass is 16.3. The third kappa shape index (κ3) is 5.47. The van der Waals surface area contributed by atoms with Crippen LogP contribution in [0.4, 0.5) is 0 Å². The Morgan fingerprint density at radius 2 is 1.74 bits per heavy atom. The molecular formula is C20H29N3O4. The first-order chi connectivity index (χ1) is 13.0. The van der Waals surface area contributed by atoms with Crippen LogP contribution < -0.4 is 10.6 Å². The Bertz CT molecular complexity index is 691. The summed E-state index contributed by atoms with van der Waals surface area (Å²) < 4.78 is 10.7. The molecule has 2 amide bonds. The molecule has 0 radical (unpaired) electrons. The van der Waals surface area contributed by atoms with Gasteiger partial charge in [0, 0.05) is 6.54 Å². The zero-order valence-electron chi connectivity index (χ0n) is 16.4. The number of hydrogen-bond donors (Lipinski definition) is 2. The third-order valence-corrected chi connectivity index (χ3v) is 4.58. The number of likely N-dealkylation sites (N-methyl/N-ethyl adjacent to an activating group) is 1. The molecule has 2 aromatic rings. The Morgan fingerprint density at radius 1 is 1.07 bits per heavy atom. The molecule has 2 heterocycles. The van der Waals surface area contributed by atoms with Gasteiger partial charge >= 0.3 is 0 Å². The van der Waals surface area contributed by atoms with Gasteiger partial charge in [0.05, 0.1) is 18.6 Å². The summed E-state index contributed by atoms with van der Waals surface area (Å²) >= 11 is 0. The van der Waals surface area contributed by atoms with Crippen LogP contribution in [0.3, 0.4) is 0 Å². The molecule has 7 heteroatoms. The average molecular weight is 375 g/mol. The Labute approximate surface area is 160 Å². The Hall–Kier alpha value is -2.54. The lowest BCUT2D eigenvalue weighted by Gasteiger charge is -2.29. The first-order valence-corrected chi connectivity index (χ1v) is 9.37. The van der Waals surface area contributed by atoms with Crippen molar-refractivity contribution >= 4 is 11.8 Å². The Kier molecular flexibility index (Phi) is 7.67. The second-order valence-electron chi connectivity index (χ2n) is 6.67. The van der Waals surface area contributed by atoms with Gasteiger partial charge in [0.25, 0.3) is 5.91 Å². The van der Waals surface area contributed by atoms with E-state index in [2.05, 4.69) is 29.4 Å². The van der Waals surface area contributed by atoms with Crippen LogP contribution >= 0.6 is 0 Å². The fourth-order valence-electron chi connectivity index (χ4n) is 3.02. The third-order valence-electron chi connectivity index (χ3n) is 4.58. The molecule has 0 spiro atoms. The van der Waals surface area contributed by atoms with Crippen LogP contribution in [0.15, 0.2) is 45.6 Å². The van der Waals surface area contributed by atoms with E-state index < -0.39 is 11.9 Å². The smallest absolute Gasteiger partial charge is 0.287 e. The number of amides is 2. The Balaban J connectivity index is 2.03. The molecule has 0 aliphatic carbocycles. The molecule has 148 valence electrons. The topological polar surface area (TPSA) is 87.7 Å². The summed E-state index contributed by atoms with van der Waals surface area (Å²) in [4.78, 5) is 27.2. The van der Waals surface area contributed by atoms with Crippen LogP contribution in [0.1, 0.15) is 50.1 Å². The highest BCUT2D eigenvalue weighted by Gasteiger charge is 2.27. The van der Waals surface area contributed by atoms with E-state index >= 15 is 0 Å². The molecule has 2 aromatic heterocycles. The maximum atomic E-state index is 12.8. The maximum absolute atomic E-state index is 12.8. The zero-order valence-corrected chi connectivity index (χ0v) is 16.4. The van der Waals surface area contributed by atoms with E-state index in [1.165, 1.54) is 6.26 Å². The van der Waals surface area contributed by atoms with E-state index in [9.17, 15) is 9.59 Å². The predicted molar refractivity (Wildman–Crippen MR) is 102 cm³/mol. The van der Waals surface area contributed by atoms with Crippen LogP contribution in [0, 0.1) is 5.92 Å². The molecule has 0 fully saturated rings. The van der Waals surface area contributed by atoms with E-state index in [1.807, 2.05) is 26.0 Å². The van der Waals surface area contributed by atoms with Crippen molar-refractivity contribution in [3.8, 4) is 0 Å². The van der Waals surface area contributed by atoms with E-state index in [1.54, 1.807) is 18.4 Å². The number of furan rings is 2. The second-order valence-corrected chi connectivity index (χ2v) is 6.67. The van der Waals surface area contributed by atoms with Crippen molar-refractivity contribution in [2.75, 3.05) is 19.6 Å². The molecule has 27 heavy (non-hydrogen) atoms. The number of nitrogens with one attached hydrogen (secondary N) is 2. The minimum Gasteiger partial charge on any atom is -0.468 e. The molecule has 2 rings (SSSR count). The van der Waals surface area contributed by atoms with Crippen LogP contribution in [-0.2, 0) is 4.79 Å². The van der Waals surface area contributed by atoms with Gasteiger partial charge in [-0.2, -0.15) is 0 Å². The van der Waals surface area contributed by atoms with Crippen molar-refractivity contribution in [3.05, 3.63) is 48.3 Å². The largest absolute Gasteiger partial charge is 0.468 e. The lowest BCUT2D eigenvalue weighted by molar-refractivity contribution is -0.124. The monoisotopic (exact) mass is 375 g/mol. The molecule has 0 saturated heterocycles. The van der Waals surface area contributed by atoms with Crippen LogP contribution in [0.5, 0.6) is 0 Å². The number of carbonyl (C=O) groups excluding carboxylic acids is 2. The van der Waals surface area contributed by atoms with Crippen molar-refractivity contribution in [2.24, 2.45) is 5.92 Å². The fraction of sp³-hybridized carbons (Fsp3) is 0.500. The number of nitrogens with zero attached hydrogens (tertiary/aromatic N) is 1. The average Bonchev–Trinajstić information content (AvgIpc) is 3.36. The quantitative estimate of drug-likeness (QED) is 0.667. The highest BCUT2D eigenvalue weighted by Crippen LogP contribution is 2.20. The lowest BCUT2D eigenvalue weighted by Crippen LogP contribution is -2.51. The minimum absolute atomic E-state index is 0.0625.